The molecule has 2 saturated carbocycles. The van der Waals surface area contributed by atoms with Crippen LogP contribution >= 0.6 is 0 Å². The Balaban J connectivity index is 1.31. The molecule has 1 saturated heterocycles. The van der Waals surface area contributed by atoms with Crippen LogP contribution in [0.25, 0.3) is 0 Å². The van der Waals surface area contributed by atoms with Gasteiger partial charge in [-0.1, -0.05) is 25.7 Å². The van der Waals surface area contributed by atoms with Crippen molar-refractivity contribution in [1.29, 1.82) is 0 Å². The lowest BCUT2D eigenvalue weighted by atomic mass is 9.61. The Morgan fingerprint density at radius 1 is 1.28 bits per heavy atom. The molecule has 4 rings (SSSR count). The van der Waals surface area contributed by atoms with Gasteiger partial charge < -0.3 is 10.1 Å². The number of carbonyl (C=O) groups excluding carboxylic acids is 1. The Morgan fingerprint density at radius 2 is 2.04 bits per heavy atom. The topological polar surface area (TPSA) is 54.5 Å². The summed E-state index contributed by atoms with van der Waals surface area (Å²) in [4.78, 5) is 18.7. The largest absolute Gasteiger partial charge is 0.377 e. The van der Waals surface area contributed by atoms with E-state index < -0.39 is 0 Å². The van der Waals surface area contributed by atoms with E-state index in [1.165, 1.54) is 31.2 Å². The molecule has 5 heteroatoms. The summed E-state index contributed by atoms with van der Waals surface area (Å²) in [6.07, 6.45) is 10.4. The number of rotatable bonds is 6. The highest BCUT2D eigenvalue weighted by Crippen LogP contribution is 2.51. The molecule has 25 heavy (non-hydrogen) atoms. The predicted octanol–water partition coefficient (Wildman–Crippen LogP) is 2.22. The number of ether oxygens (including phenoxy) is 1. The van der Waals surface area contributed by atoms with Gasteiger partial charge in [0.15, 0.2) is 0 Å². The molecule has 3 aliphatic rings. The Morgan fingerprint density at radius 3 is 2.80 bits per heavy atom. The molecule has 1 aliphatic heterocycles. The summed E-state index contributed by atoms with van der Waals surface area (Å²) in [5.74, 6) is 1.98. The molecule has 136 valence electrons. The molecule has 4 atom stereocenters. The summed E-state index contributed by atoms with van der Waals surface area (Å²) in [5, 5.41) is 3.36. The Kier molecular flexibility index (Phi) is 5.04. The molecule has 1 aromatic rings. The summed E-state index contributed by atoms with van der Waals surface area (Å²) in [6, 6.07) is 4.32. The second-order valence-corrected chi connectivity index (χ2v) is 8.03. The molecule has 0 unspecified atom stereocenters. The smallest absolute Gasteiger partial charge is 0.234 e. The summed E-state index contributed by atoms with van der Waals surface area (Å²) in [6.45, 7) is 2.07. The van der Waals surface area contributed by atoms with E-state index in [2.05, 4.69) is 15.2 Å². The van der Waals surface area contributed by atoms with Gasteiger partial charge in [-0.25, -0.2) is 0 Å². The number of carbonyl (C=O) groups is 1. The van der Waals surface area contributed by atoms with Crippen molar-refractivity contribution in [2.45, 2.75) is 50.8 Å². The molecule has 1 aromatic heterocycles. The Bertz CT molecular complexity index is 583. The number of likely N-dealkylation sites (N-methyl/N-ethyl adjacent to an activating group) is 1. The molecular formula is C20H29N3O2. The standard InChI is InChI=1S/C20H29N3O2/c1-23(12-14-6-9-21-10-7-14)13-17(24)22-19-16-8-11-25-20(16)18(19)15-4-2-3-5-15/h6-7,9-10,15-16,18-20H,2-5,8,11-13H2,1H3,(H,22,24)/t16-,18+,19+,20-/m0/s1. The van der Waals surface area contributed by atoms with Crippen LogP contribution in [0.5, 0.6) is 0 Å². The maximum absolute atomic E-state index is 12.6. The maximum atomic E-state index is 12.6. The highest BCUT2D eigenvalue weighted by molar-refractivity contribution is 5.78. The van der Waals surface area contributed by atoms with Crippen LogP contribution in [0.2, 0.25) is 0 Å². The van der Waals surface area contributed by atoms with Gasteiger partial charge in [-0.15, -0.1) is 0 Å². The third-order valence-corrected chi connectivity index (χ3v) is 6.33. The highest BCUT2D eigenvalue weighted by Gasteiger charge is 2.56. The fourth-order valence-electron chi connectivity index (χ4n) is 5.19. The Labute approximate surface area is 150 Å². The summed E-state index contributed by atoms with van der Waals surface area (Å²) >= 11 is 0. The maximum Gasteiger partial charge on any atom is 0.234 e. The SMILES string of the molecule is CN(CC(=O)N[C@@H]1[C@@H]2CCO[C@@H]2[C@@H]1C1CCCC1)Cc1ccncc1. The second-order valence-electron chi connectivity index (χ2n) is 8.03. The number of nitrogens with one attached hydrogen (secondary N) is 1. The lowest BCUT2D eigenvalue weighted by Gasteiger charge is -2.50. The van der Waals surface area contributed by atoms with E-state index in [-0.39, 0.29) is 5.91 Å². The van der Waals surface area contributed by atoms with Crippen LogP contribution in [0.4, 0.5) is 0 Å². The van der Waals surface area contributed by atoms with Crippen LogP contribution in [-0.2, 0) is 16.1 Å². The van der Waals surface area contributed by atoms with Crippen LogP contribution < -0.4 is 5.32 Å². The number of hydrogen-bond acceptors (Lipinski definition) is 4. The van der Waals surface area contributed by atoms with E-state index in [0.717, 1.165) is 25.5 Å². The van der Waals surface area contributed by atoms with Gasteiger partial charge >= 0.3 is 0 Å². The van der Waals surface area contributed by atoms with Crippen molar-refractivity contribution in [2.24, 2.45) is 17.8 Å². The third-order valence-electron chi connectivity index (χ3n) is 6.33. The van der Waals surface area contributed by atoms with E-state index in [1.54, 1.807) is 12.4 Å². The predicted molar refractivity (Wildman–Crippen MR) is 95.8 cm³/mol. The van der Waals surface area contributed by atoms with Crippen molar-refractivity contribution in [3.05, 3.63) is 30.1 Å². The van der Waals surface area contributed by atoms with Gasteiger partial charge in [-0.2, -0.15) is 0 Å². The van der Waals surface area contributed by atoms with Crippen molar-refractivity contribution in [3.63, 3.8) is 0 Å². The van der Waals surface area contributed by atoms with Gasteiger partial charge in [0.1, 0.15) is 0 Å². The zero-order valence-electron chi connectivity index (χ0n) is 15.1. The molecule has 2 aliphatic carbocycles. The number of amides is 1. The molecule has 1 amide bonds. The molecule has 1 N–H and O–H groups in total. The van der Waals surface area contributed by atoms with Crippen molar-refractivity contribution in [2.75, 3.05) is 20.2 Å². The molecular weight excluding hydrogens is 314 g/mol. The first-order valence-corrected chi connectivity index (χ1v) is 9.71. The van der Waals surface area contributed by atoms with Crippen LogP contribution in [0.1, 0.15) is 37.7 Å². The quantitative estimate of drug-likeness (QED) is 0.860. The first kappa shape index (κ1) is 17.0. The van der Waals surface area contributed by atoms with Gasteiger partial charge in [0, 0.05) is 43.4 Å². The zero-order valence-corrected chi connectivity index (χ0v) is 15.1. The van der Waals surface area contributed by atoms with Crippen molar-refractivity contribution >= 4 is 5.91 Å². The lowest BCUT2D eigenvalue weighted by molar-refractivity contribution is -0.130. The van der Waals surface area contributed by atoms with Crippen LogP contribution in [0.3, 0.4) is 0 Å². The molecule has 0 spiro atoms. The van der Waals surface area contributed by atoms with Crippen molar-refractivity contribution in [3.8, 4) is 0 Å². The van der Waals surface area contributed by atoms with E-state index in [1.807, 2.05) is 19.2 Å². The van der Waals surface area contributed by atoms with Crippen LogP contribution in [0, 0.1) is 17.8 Å². The molecule has 3 fully saturated rings. The lowest BCUT2D eigenvalue weighted by Crippen LogP contribution is -2.64. The van der Waals surface area contributed by atoms with Crippen molar-refractivity contribution < 1.29 is 9.53 Å². The molecule has 0 aromatic carbocycles. The van der Waals surface area contributed by atoms with E-state index in [0.29, 0.717) is 30.5 Å². The molecule has 0 bridgehead atoms. The van der Waals surface area contributed by atoms with E-state index >= 15 is 0 Å². The zero-order chi connectivity index (χ0) is 17.2. The number of aromatic nitrogens is 1. The first-order chi connectivity index (χ1) is 12.2. The average Bonchev–Trinajstić information content (AvgIpc) is 3.24. The van der Waals surface area contributed by atoms with Gasteiger partial charge in [-0.3, -0.25) is 14.7 Å². The third kappa shape index (κ3) is 3.58. The number of pyridine rings is 1. The molecule has 0 radical (unpaired) electrons. The summed E-state index contributed by atoms with van der Waals surface area (Å²) in [7, 11) is 2.00. The van der Waals surface area contributed by atoms with Crippen LogP contribution in [0.15, 0.2) is 24.5 Å². The second kappa shape index (κ2) is 7.42. The number of nitrogens with zero attached hydrogens (tertiary/aromatic N) is 2. The summed E-state index contributed by atoms with van der Waals surface area (Å²) < 4.78 is 5.98. The number of fused-ring (bicyclic) bond motifs is 1. The van der Waals surface area contributed by atoms with E-state index in [9.17, 15) is 4.79 Å². The monoisotopic (exact) mass is 343 g/mol. The molecule has 5 nitrogen and oxygen atoms in total. The van der Waals surface area contributed by atoms with Gasteiger partial charge in [0.2, 0.25) is 5.91 Å². The minimum absolute atomic E-state index is 0.148. The Hall–Kier alpha value is -1.46. The normalized spacial score (nSPS) is 31.8. The van der Waals surface area contributed by atoms with E-state index in [4.69, 9.17) is 4.74 Å². The fraction of sp³-hybridized carbons (Fsp3) is 0.700. The highest BCUT2D eigenvalue weighted by atomic mass is 16.5. The minimum Gasteiger partial charge on any atom is -0.377 e. The van der Waals surface area contributed by atoms with Gasteiger partial charge in [0.05, 0.1) is 12.6 Å². The fourth-order valence-corrected chi connectivity index (χ4v) is 5.19. The van der Waals surface area contributed by atoms with Crippen molar-refractivity contribution in [1.82, 2.24) is 15.2 Å². The average molecular weight is 343 g/mol. The van der Waals surface area contributed by atoms with Crippen LogP contribution in [-0.4, -0.2) is 48.1 Å². The van der Waals surface area contributed by atoms with Gasteiger partial charge in [0.25, 0.3) is 0 Å². The van der Waals surface area contributed by atoms with Gasteiger partial charge in [-0.05, 0) is 37.1 Å². The summed E-state index contributed by atoms with van der Waals surface area (Å²) in [5.41, 5.74) is 1.18. The molecule has 2 heterocycles. The first-order valence-electron chi connectivity index (χ1n) is 9.71. The number of hydrogen-bond donors (Lipinski definition) is 1. The minimum atomic E-state index is 0.148.